The molecule has 0 saturated heterocycles. The van der Waals surface area contributed by atoms with Crippen LogP contribution in [0.5, 0.6) is 0 Å². The Balaban J connectivity index is 3.56. The summed E-state index contributed by atoms with van der Waals surface area (Å²) >= 11 is 0. The normalized spacial score (nSPS) is 14.7. The van der Waals surface area contributed by atoms with Gasteiger partial charge in [0.1, 0.15) is 36.3 Å². The van der Waals surface area contributed by atoms with Gasteiger partial charge < -0.3 is 76.7 Å². The van der Waals surface area contributed by atoms with Gasteiger partial charge in [-0.25, -0.2) is 0 Å². The molecule has 24 heteroatoms. The van der Waals surface area contributed by atoms with Gasteiger partial charge >= 0.3 is 0 Å². The number of rotatable bonds is 30. The van der Waals surface area contributed by atoms with Gasteiger partial charge in [0.15, 0.2) is 11.9 Å². The Bertz CT molecular complexity index is 1880. The van der Waals surface area contributed by atoms with Crippen molar-refractivity contribution in [2.45, 2.75) is 135 Å². The van der Waals surface area contributed by atoms with Crippen LogP contribution in [0.4, 0.5) is 5.69 Å². The van der Waals surface area contributed by atoms with Gasteiger partial charge in [0.25, 0.3) is 0 Å². The molecule has 0 unspecified atom stereocenters. The minimum atomic E-state index is -1.63. The Morgan fingerprint density at radius 2 is 1.13 bits per heavy atom. The highest BCUT2D eigenvalue weighted by Gasteiger charge is 2.37. The second-order valence-corrected chi connectivity index (χ2v) is 17.4. The molecule has 8 amide bonds. The number of hydrogen-bond donors (Lipinski definition) is 13. The summed E-state index contributed by atoms with van der Waals surface area (Å²) in [7, 11) is 1.28. The predicted octanol–water partition coefficient (Wildman–Crippen LogP) is -3.36. The van der Waals surface area contributed by atoms with E-state index in [1.54, 1.807) is 45.0 Å². The first-order valence-corrected chi connectivity index (χ1v) is 22.2. The van der Waals surface area contributed by atoms with Gasteiger partial charge in [-0.05, 0) is 75.0 Å². The Morgan fingerprint density at radius 3 is 1.63 bits per heavy atom. The van der Waals surface area contributed by atoms with Gasteiger partial charge in [0.2, 0.25) is 47.3 Å². The second-order valence-electron chi connectivity index (χ2n) is 17.4. The lowest BCUT2D eigenvalue weighted by Crippen LogP contribution is -2.62. The van der Waals surface area contributed by atoms with E-state index in [1.807, 2.05) is 13.8 Å². The van der Waals surface area contributed by atoms with E-state index in [0.29, 0.717) is 17.7 Å². The van der Waals surface area contributed by atoms with E-state index in [2.05, 4.69) is 36.6 Å². The molecule has 376 valence electrons. The number of nitrogens with zero attached hydrogens (tertiary/aromatic N) is 3. The van der Waals surface area contributed by atoms with Crippen molar-refractivity contribution in [1.82, 2.24) is 31.5 Å². The number of aliphatic imine (C=N–C) groups is 2. The van der Waals surface area contributed by atoms with E-state index in [9.17, 15) is 43.5 Å². The minimum absolute atomic E-state index is 0.0115. The first-order valence-electron chi connectivity index (χ1n) is 22.2. The SMILES string of the molecule is CC(C)C[C@H](C)C(=O)N[C@H](C(=O)N[C@H](C(=O)N[C@@H](CCCN=C(N)N)C(=O)N[C@@H](CCC(N)=O)C(=O)N(C)[C@@H](CCCN=C(N)N)C(=O)N[C@@H](Cc1ccc(N)cc1)C(N)=O)[C@@H](C)O)C(C)C. The average molecular weight is 946 g/mol. The van der Waals surface area contributed by atoms with Gasteiger partial charge in [-0.1, -0.05) is 46.8 Å². The molecule has 0 bridgehead atoms. The number of anilines is 1. The van der Waals surface area contributed by atoms with E-state index < -0.39 is 102 Å². The van der Waals surface area contributed by atoms with Crippen LogP contribution in [-0.4, -0.2) is 132 Å². The Hall–Kier alpha value is -6.72. The van der Waals surface area contributed by atoms with Crippen LogP contribution < -0.4 is 66.7 Å². The van der Waals surface area contributed by atoms with Gasteiger partial charge in [0, 0.05) is 44.6 Å². The fourth-order valence-electron chi connectivity index (χ4n) is 6.92. The molecule has 24 nitrogen and oxygen atoms in total. The van der Waals surface area contributed by atoms with Crippen LogP contribution in [0, 0.1) is 17.8 Å². The van der Waals surface area contributed by atoms with E-state index in [1.165, 1.54) is 14.0 Å². The van der Waals surface area contributed by atoms with Gasteiger partial charge in [-0.2, -0.15) is 0 Å². The number of nitrogens with two attached hydrogens (primary N) is 7. The molecule has 0 fully saturated rings. The molecule has 0 saturated carbocycles. The summed E-state index contributed by atoms with van der Waals surface area (Å²) in [6.07, 6.45) is -1.64. The minimum Gasteiger partial charge on any atom is -0.399 e. The summed E-state index contributed by atoms with van der Waals surface area (Å²) in [5.74, 6) is -7.51. The van der Waals surface area contributed by atoms with Crippen molar-refractivity contribution in [2.24, 2.45) is 62.1 Å². The fourth-order valence-corrected chi connectivity index (χ4v) is 6.92. The smallest absolute Gasteiger partial charge is 0.245 e. The van der Waals surface area contributed by atoms with Crippen molar-refractivity contribution in [1.29, 1.82) is 0 Å². The number of aliphatic hydroxyl groups excluding tert-OH is 1. The molecular weight excluding hydrogens is 871 g/mol. The number of hydrogen-bond acceptors (Lipinski definition) is 12. The van der Waals surface area contributed by atoms with Crippen LogP contribution >= 0.6 is 0 Å². The number of nitrogen functional groups attached to an aromatic ring is 1. The molecular formula is C43H75N15O9. The van der Waals surface area contributed by atoms with Gasteiger partial charge in [-0.3, -0.25) is 48.3 Å². The molecule has 1 rings (SSSR count). The standard InChI is InChI=1S/C43H75N15O9/c1-22(2)20-24(5)36(62)56-33(23(3)4)39(65)57-34(25(6)59)40(66)53-28(10-8-18-51-42(47)48)37(63)54-29(16-17-32(45)60)41(67)58(7)31(11-9-19-52-43(49)50)38(64)55-30(35(46)61)21-26-12-14-27(44)15-13-26/h12-15,22-25,28-31,33-34,59H,8-11,16-21,44H2,1-7H3,(H2,45,60)(H2,46,61)(H,53,66)(H,54,63)(H,55,64)(H,56,62)(H,57,65)(H4,47,48,51)(H4,49,50,52)/t24-,25+,28-,29-,30-,31-,33-,34-/m0/s1. The summed E-state index contributed by atoms with van der Waals surface area (Å²) in [6, 6.07) is -1.72. The number of primary amides is 2. The zero-order chi connectivity index (χ0) is 51.1. The molecule has 0 spiro atoms. The lowest BCUT2D eigenvalue weighted by atomic mass is 9.96. The number of guanidine groups is 2. The lowest BCUT2D eigenvalue weighted by molar-refractivity contribution is -0.143. The van der Waals surface area contributed by atoms with Crippen molar-refractivity contribution in [2.75, 3.05) is 25.9 Å². The highest BCUT2D eigenvalue weighted by molar-refractivity contribution is 5.97. The Labute approximate surface area is 392 Å². The number of carbonyl (C=O) groups is 8. The highest BCUT2D eigenvalue weighted by Crippen LogP contribution is 2.16. The van der Waals surface area contributed by atoms with Crippen LogP contribution in [0.2, 0.25) is 0 Å². The molecule has 0 aromatic heterocycles. The van der Waals surface area contributed by atoms with Crippen LogP contribution in [0.1, 0.15) is 92.1 Å². The van der Waals surface area contributed by atoms with Crippen LogP contribution in [0.3, 0.4) is 0 Å². The van der Waals surface area contributed by atoms with Crippen molar-refractivity contribution in [3.05, 3.63) is 29.8 Å². The third-order valence-electron chi connectivity index (χ3n) is 10.6. The van der Waals surface area contributed by atoms with E-state index in [4.69, 9.17) is 40.1 Å². The highest BCUT2D eigenvalue weighted by atomic mass is 16.3. The largest absolute Gasteiger partial charge is 0.399 e. The van der Waals surface area contributed by atoms with Crippen LogP contribution in [0.15, 0.2) is 34.3 Å². The molecule has 0 radical (unpaired) electrons. The molecule has 8 atom stereocenters. The van der Waals surface area contributed by atoms with Crippen molar-refractivity contribution in [3.63, 3.8) is 0 Å². The Morgan fingerprint density at radius 1 is 0.627 bits per heavy atom. The average Bonchev–Trinajstić information content (AvgIpc) is 3.23. The van der Waals surface area contributed by atoms with E-state index in [0.717, 1.165) is 4.90 Å². The number of aliphatic hydroxyl groups is 1. The fraction of sp³-hybridized carbons (Fsp3) is 0.628. The molecule has 20 N–H and O–H groups in total. The quantitative estimate of drug-likeness (QED) is 0.0155. The second kappa shape index (κ2) is 29.0. The molecule has 0 aliphatic heterocycles. The first kappa shape index (κ1) is 58.3. The summed E-state index contributed by atoms with van der Waals surface area (Å²) in [5.41, 5.74) is 39.9. The van der Waals surface area contributed by atoms with Gasteiger partial charge in [0.05, 0.1) is 6.10 Å². The van der Waals surface area contributed by atoms with E-state index in [-0.39, 0.29) is 75.4 Å². The van der Waals surface area contributed by atoms with Crippen LogP contribution in [-0.2, 0) is 44.8 Å². The monoisotopic (exact) mass is 946 g/mol. The lowest BCUT2D eigenvalue weighted by Gasteiger charge is -2.32. The number of likely N-dealkylation sites (N-methyl/N-ethyl adjacent to an activating group) is 1. The zero-order valence-electron chi connectivity index (χ0n) is 39.8. The third kappa shape index (κ3) is 21.9. The maximum atomic E-state index is 14.4. The third-order valence-corrected chi connectivity index (χ3v) is 10.6. The van der Waals surface area contributed by atoms with Crippen molar-refractivity contribution < 1.29 is 43.5 Å². The molecule has 1 aromatic rings. The summed E-state index contributed by atoms with van der Waals surface area (Å²) in [5, 5.41) is 23.7. The molecule has 0 heterocycles. The molecule has 67 heavy (non-hydrogen) atoms. The number of nitrogens with one attached hydrogen (secondary N) is 5. The summed E-state index contributed by atoms with van der Waals surface area (Å²) in [4.78, 5) is 116. The summed E-state index contributed by atoms with van der Waals surface area (Å²) < 4.78 is 0. The Kier molecular flexibility index (Phi) is 25.3. The molecule has 0 aliphatic rings. The summed E-state index contributed by atoms with van der Waals surface area (Å²) in [6.45, 7) is 10.4. The topological polar surface area (TPSA) is 427 Å². The number of benzene rings is 1. The predicted molar refractivity (Wildman–Crippen MR) is 253 cm³/mol. The molecule has 0 aliphatic carbocycles. The zero-order valence-corrected chi connectivity index (χ0v) is 39.8. The number of amides is 8. The molecule has 1 aromatic carbocycles. The number of carbonyl (C=O) groups excluding carboxylic acids is 8. The van der Waals surface area contributed by atoms with Crippen molar-refractivity contribution >= 4 is 64.9 Å². The van der Waals surface area contributed by atoms with Gasteiger partial charge in [-0.15, -0.1) is 0 Å². The maximum absolute atomic E-state index is 14.4. The maximum Gasteiger partial charge on any atom is 0.245 e. The van der Waals surface area contributed by atoms with Crippen molar-refractivity contribution in [3.8, 4) is 0 Å². The first-order chi connectivity index (χ1) is 31.2. The van der Waals surface area contributed by atoms with Crippen LogP contribution in [0.25, 0.3) is 0 Å². The van der Waals surface area contributed by atoms with E-state index >= 15 is 0 Å².